The molecule has 0 saturated heterocycles. The molecule has 0 saturated carbocycles. The monoisotopic (exact) mass is 353 g/mol. The molecule has 25 heavy (non-hydrogen) atoms. The maximum absolute atomic E-state index is 12.7. The van der Waals surface area contributed by atoms with E-state index in [1.165, 1.54) is 4.88 Å². The third kappa shape index (κ3) is 3.46. The molecule has 1 N–H and O–H groups in total. The molecule has 3 rings (SSSR count). The molecule has 130 valence electrons. The van der Waals surface area contributed by atoms with Gasteiger partial charge in [0.2, 0.25) is 0 Å². The van der Waals surface area contributed by atoms with E-state index >= 15 is 0 Å². The summed E-state index contributed by atoms with van der Waals surface area (Å²) >= 11 is 1.54. The lowest BCUT2D eigenvalue weighted by atomic mass is 10.0. The molecule has 4 nitrogen and oxygen atoms in total. The highest BCUT2D eigenvalue weighted by molar-refractivity contribution is 7.16. The Kier molecular flexibility index (Phi) is 4.94. The van der Waals surface area contributed by atoms with Crippen molar-refractivity contribution >= 4 is 22.2 Å². The fraction of sp³-hybridized carbons (Fsp3) is 0.400. The summed E-state index contributed by atoms with van der Waals surface area (Å²) in [7, 11) is 0. The van der Waals surface area contributed by atoms with E-state index in [2.05, 4.69) is 30.1 Å². The molecule has 2 heterocycles. The van der Waals surface area contributed by atoms with Crippen LogP contribution in [0.5, 0.6) is 0 Å². The first-order valence-corrected chi connectivity index (χ1v) is 9.39. The van der Waals surface area contributed by atoms with Crippen LogP contribution in [0.25, 0.3) is 0 Å². The fourth-order valence-corrected chi connectivity index (χ4v) is 4.53. The molecule has 0 aliphatic carbocycles. The van der Waals surface area contributed by atoms with Crippen LogP contribution >= 0.6 is 11.3 Å². The number of nitrogens with zero attached hydrogens (tertiary/aromatic N) is 2. The van der Waals surface area contributed by atoms with E-state index < -0.39 is 0 Å². The number of rotatable bonds is 3. The van der Waals surface area contributed by atoms with Crippen LogP contribution in [-0.4, -0.2) is 23.4 Å². The minimum atomic E-state index is -0.145. The number of fused-ring (bicyclic) bond motifs is 1. The summed E-state index contributed by atoms with van der Waals surface area (Å²) in [5.41, 5.74) is 4.49. The third-order valence-corrected chi connectivity index (χ3v) is 5.91. The molecule has 2 aromatic rings. The fourth-order valence-electron chi connectivity index (χ4n) is 3.31. The summed E-state index contributed by atoms with van der Waals surface area (Å²) < 4.78 is 0. The number of amides is 1. The largest absolute Gasteiger partial charge is 0.312 e. The maximum atomic E-state index is 12.7. The summed E-state index contributed by atoms with van der Waals surface area (Å²) in [6.45, 7) is 10.1. The van der Waals surface area contributed by atoms with Gasteiger partial charge in [-0.25, -0.2) is 0 Å². The van der Waals surface area contributed by atoms with Gasteiger partial charge in [-0.3, -0.25) is 9.69 Å². The van der Waals surface area contributed by atoms with Gasteiger partial charge in [-0.05, 0) is 51.3 Å². The van der Waals surface area contributed by atoms with Crippen molar-refractivity contribution in [1.29, 1.82) is 5.26 Å². The Morgan fingerprint density at radius 1 is 1.36 bits per heavy atom. The Morgan fingerprint density at radius 2 is 2.12 bits per heavy atom. The lowest BCUT2D eigenvalue weighted by molar-refractivity contribution is 0.102. The zero-order valence-electron chi connectivity index (χ0n) is 15.1. The second-order valence-corrected chi connectivity index (χ2v) is 8.01. The van der Waals surface area contributed by atoms with Gasteiger partial charge in [0.15, 0.2) is 0 Å². The summed E-state index contributed by atoms with van der Waals surface area (Å²) in [5.74, 6) is -0.145. The van der Waals surface area contributed by atoms with Crippen molar-refractivity contribution in [2.75, 3.05) is 11.9 Å². The highest BCUT2D eigenvalue weighted by Gasteiger charge is 2.26. The number of aryl methyl sites for hydroxylation is 2. The number of hydrogen-bond acceptors (Lipinski definition) is 4. The lowest BCUT2D eigenvalue weighted by Crippen LogP contribution is -2.35. The molecule has 0 bridgehead atoms. The van der Waals surface area contributed by atoms with Crippen molar-refractivity contribution < 1.29 is 4.79 Å². The highest BCUT2D eigenvalue weighted by atomic mass is 32.1. The number of thiophene rings is 1. The van der Waals surface area contributed by atoms with E-state index in [-0.39, 0.29) is 5.91 Å². The van der Waals surface area contributed by atoms with Crippen LogP contribution in [-0.2, 0) is 13.0 Å². The summed E-state index contributed by atoms with van der Waals surface area (Å²) in [5, 5.41) is 13.3. The number of hydrogen-bond donors (Lipinski definition) is 1. The van der Waals surface area contributed by atoms with Crippen molar-refractivity contribution in [2.45, 2.75) is 46.7 Å². The van der Waals surface area contributed by atoms with E-state index in [0.29, 0.717) is 22.2 Å². The SMILES string of the molecule is Cc1ccc(C(=O)Nc2sc3c(c2C#N)CCN(C(C)C)C3)c(C)c1. The van der Waals surface area contributed by atoms with Gasteiger partial charge in [0.25, 0.3) is 5.91 Å². The van der Waals surface area contributed by atoms with Gasteiger partial charge in [-0.2, -0.15) is 5.26 Å². The van der Waals surface area contributed by atoms with Gasteiger partial charge < -0.3 is 5.32 Å². The summed E-state index contributed by atoms with van der Waals surface area (Å²) in [4.78, 5) is 16.3. The second kappa shape index (κ2) is 6.99. The molecule has 1 aliphatic rings. The Bertz CT molecular complexity index is 861. The van der Waals surface area contributed by atoms with Gasteiger partial charge in [0, 0.05) is 29.6 Å². The average Bonchev–Trinajstić information content (AvgIpc) is 2.90. The Labute approximate surface area is 153 Å². The Morgan fingerprint density at radius 3 is 2.76 bits per heavy atom. The van der Waals surface area contributed by atoms with Crippen LogP contribution in [0.1, 0.15) is 51.3 Å². The lowest BCUT2D eigenvalue weighted by Gasteiger charge is -2.30. The topological polar surface area (TPSA) is 56.1 Å². The van der Waals surface area contributed by atoms with Crippen LogP contribution in [0.4, 0.5) is 5.00 Å². The average molecular weight is 353 g/mol. The molecule has 0 atom stereocenters. The van der Waals surface area contributed by atoms with E-state index in [0.717, 1.165) is 36.2 Å². The zero-order valence-corrected chi connectivity index (χ0v) is 16.0. The van der Waals surface area contributed by atoms with Crippen LogP contribution in [0.15, 0.2) is 18.2 Å². The first kappa shape index (κ1) is 17.7. The van der Waals surface area contributed by atoms with Crippen molar-refractivity contribution in [3.63, 3.8) is 0 Å². The quantitative estimate of drug-likeness (QED) is 0.897. The van der Waals surface area contributed by atoms with E-state index in [1.807, 2.05) is 32.0 Å². The molecule has 1 amide bonds. The number of carbonyl (C=O) groups is 1. The number of carbonyl (C=O) groups excluding carboxylic acids is 1. The Hall–Kier alpha value is -2.16. The number of anilines is 1. The third-order valence-electron chi connectivity index (χ3n) is 4.78. The van der Waals surface area contributed by atoms with Crippen LogP contribution in [0, 0.1) is 25.2 Å². The molecular formula is C20H23N3OS. The van der Waals surface area contributed by atoms with Gasteiger partial charge in [-0.15, -0.1) is 11.3 Å². The van der Waals surface area contributed by atoms with Crippen molar-refractivity contribution in [3.05, 3.63) is 50.9 Å². The second-order valence-electron chi connectivity index (χ2n) is 6.91. The maximum Gasteiger partial charge on any atom is 0.256 e. The van der Waals surface area contributed by atoms with Crippen molar-refractivity contribution in [3.8, 4) is 6.07 Å². The highest BCUT2D eigenvalue weighted by Crippen LogP contribution is 2.37. The minimum absolute atomic E-state index is 0.145. The first-order chi connectivity index (χ1) is 11.9. The molecular weight excluding hydrogens is 330 g/mol. The minimum Gasteiger partial charge on any atom is -0.312 e. The molecule has 5 heteroatoms. The van der Waals surface area contributed by atoms with Gasteiger partial charge in [0.1, 0.15) is 11.1 Å². The number of nitrogens with one attached hydrogen (secondary N) is 1. The normalized spacial score (nSPS) is 14.2. The van der Waals surface area contributed by atoms with Crippen molar-refractivity contribution in [2.24, 2.45) is 0 Å². The summed E-state index contributed by atoms with van der Waals surface area (Å²) in [6, 6.07) is 8.57. The van der Waals surface area contributed by atoms with E-state index in [1.54, 1.807) is 11.3 Å². The predicted octanol–water partition coefficient (Wildman–Crippen LogP) is 4.26. The number of nitriles is 1. The Balaban J connectivity index is 1.88. The van der Waals surface area contributed by atoms with Gasteiger partial charge in [0.05, 0.1) is 5.56 Å². The van der Waals surface area contributed by atoms with Crippen LogP contribution < -0.4 is 5.32 Å². The molecule has 0 spiro atoms. The van der Waals surface area contributed by atoms with Crippen LogP contribution in [0.2, 0.25) is 0 Å². The van der Waals surface area contributed by atoms with Gasteiger partial charge in [-0.1, -0.05) is 17.7 Å². The van der Waals surface area contributed by atoms with Crippen LogP contribution in [0.3, 0.4) is 0 Å². The molecule has 0 radical (unpaired) electrons. The predicted molar refractivity (Wildman–Crippen MR) is 102 cm³/mol. The van der Waals surface area contributed by atoms with E-state index in [4.69, 9.17) is 0 Å². The molecule has 0 unspecified atom stereocenters. The van der Waals surface area contributed by atoms with E-state index in [9.17, 15) is 10.1 Å². The molecule has 1 aromatic heterocycles. The molecule has 0 fully saturated rings. The molecule has 1 aromatic carbocycles. The summed E-state index contributed by atoms with van der Waals surface area (Å²) in [6.07, 6.45) is 0.867. The zero-order chi connectivity index (χ0) is 18.1. The molecule has 1 aliphatic heterocycles. The van der Waals surface area contributed by atoms with Gasteiger partial charge >= 0.3 is 0 Å². The smallest absolute Gasteiger partial charge is 0.256 e. The first-order valence-electron chi connectivity index (χ1n) is 8.58. The van der Waals surface area contributed by atoms with Crippen molar-refractivity contribution in [1.82, 2.24) is 4.90 Å². The number of benzene rings is 1. The standard InChI is InChI=1S/C20H23N3OS/c1-12(2)23-8-7-16-17(10-21)20(25-18(16)11-23)22-19(24)15-6-5-13(3)9-14(15)4/h5-6,9,12H,7-8,11H2,1-4H3,(H,22,24).